The van der Waals surface area contributed by atoms with Gasteiger partial charge < -0.3 is 14.2 Å². The van der Waals surface area contributed by atoms with E-state index in [0.29, 0.717) is 29.6 Å². The SMILES string of the molecule is C[NH+](C)CCN1C(=O)c2oc3ccccc3c(=O)c2[C@@H]1c1cccc(F)c1. The molecule has 6 heteroatoms. The second-order valence-electron chi connectivity index (χ2n) is 7.08. The fourth-order valence-electron chi connectivity index (χ4n) is 3.57. The highest BCUT2D eigenvalue weighted by Gasteiger charge is 2.42. The average Bonchev–Trinajstić information content (AvgIpc) is 2.93. The maximum absolute atomic E-state index is 13.9. The van der Waals surface area contributed by atoms with Crippen molar-refractivity contribution in [1.29, 1.82) is 0 Å². The number of carbonyl (C=O) groups excluding carboxylic acids is 1. The van der Waals surface area contributed by atoms with Crippen LogP contribution in [0.25, 0.3) is 11.0 Å². The summed E-state index contributed by atoms with van der Waals surface area (Å²) in [5.41, 5.74) is 0.998. The van der Waals surface area contributed by atoms with Gasteiger partial charge in [0, 0.05) is 0 Å². The topological polar surface area (TPSA) is 55.0 Å². The summed E-state index contributed by atoms with van der Waals surface area (Å²) >= 11 is 0. The number of hydrogen-bond donors (Lipinski definition) is 1. The van der Waals surface area contributed by atoms with E-state index in [1.165, 1.54) is 17.0 Å². The van der Waals surface area contributed by atoms with Crippen molar-refractivity contribution in [3.05, 3.63) is 81.5 Å². The molecule has 1 aliphatic rings. The van der Waals surface area contributed by atoms with Crippen LogP contribution in [0.1, 0.15) is 27.7 Å². The predicted octanol–water partition coefficient (Wildman–Crippen LogP) is 1.62. The third-order valence-corrected chi connectivity index (χ3v) is 4.89. The van der Waals surface area contributed by atoms with Crippen molar-refractivity contribution < 1.29 is 18.5 Å². The zero-order valence-electron chi connectivity index (χ0n) is 15.2. The molecule has 0 aliphatic carbocycles. The molecule has 3 aromatic rings. The van der Waals surface area contributed by atoms with Crippen molar-refractivity contribution in [2.45, 2.75) is 6.04 Å². The molecular weight excluding hydrogens is 347 g/mol. The minimum atomic E-state index is -0.650. The zero-order chi connectivity index (χ0) is 19.1. The van der Waals surface area contributed by atoms with E-state index in [0.717, 1.165) is 0 Å². The standard InChI is InChI=1S/C21H19FN2O3/c1-23(2)10-11-24-18(13-6-5-7-14(22)12-13)17-19(25)15-8-3-4-9-16(15)27-20(17)21(24)26/h3-9,12,18H,10-11H2,1-2H3/p+1/t18-/m0/s1. The Morgan fingerprint density at radius 2 is 1.89 bits per heavy atom. The molecule has 1 N–H and O–H groups in total. The highest BCUT2D eigenvalue weighted by atomic mass is 19.1. The Morgan fingerprint density at radius 1 is 1.11 bits per heavy atom. The highest BCUT2D eigenvalue weighted by molar-refractivity contribution is 5.99. The molecule has 27 heavy (non-hydrogen) atoms. The van der Waals surface area contributed by atoms with Gasteiger partial charge in [-0.15, -0.1) is 0 Å². The molecule has 0 radical (unpaired) electrons. The van der Waals surface area contributed by atoms with E-state index in [1.54, 1.807) is 41.3 Å². The number of amides is 1. The number of carbonyl (C=O) groups is 1. The first-order chi connectivity index (χ1) is 13.0. The first-order valence-electron chi connectivity index (χ1n) is 8.88. The number of nitrogens with one attached hydrogen (secondary N) is 1. The fraction of sp³-hybridized carbons (Fsp3) is 0.238. The van der Waals surface area contributed by atoms with Gasteiger partial charge in [-0.05, 0) is 29.8 Å². The van der Waals surface area contributed by atoms with Crippen LogP contribution in [-0.4, -0.2) is 38.0 Å². The number of rotatable bonds is 4. The highest BCUT2D eigenvalue weighted by Crippen LogP contribution is 2.37. The molecule has 0 spiro atoms. The van der Waals surface area contributed by atoms with E-state index >= 15 is 0 Å². The molecule has 1 amide bonds. The lowest BCUT2D eigenvalue weighted by Gasteiger charge is -2.25. The fourth-order valence-corrected chi connectivity index (χ4v) is 3.57. The first-order valence-corrected chi connectivity index (χ1v) is 8.88. The lowest BCUT2D eigenvalue weighted by molar-refractivity contribution is -0.857. The van der Waals surface area contributed by atoms with Crippen molar-refractivity contribution in [3.63, 3.8) is 0 Å². The summed E-state index contributed by atoms with van der Waals surface area (Å²) in [6.07, 6.45) is 0. The maximum atomic E-state index is 13.9. The lowest BCUT2D eigenvalue weighted by Crippen LogP contribution is -3.06. The summed E-state index contributed by atoms with van der Waals surface area (Å²) in [6, 6.07) is 12.3. The molecule has 1 aromatic heterocycles. The number of fused-ring (bicyclic) bond motifs is 2. The van der Waals surface area contributed by atoms with Crippen molar-refractivity contribution in [2.24, 2.45) is 0 Å². The van der Waals surface area contributed by atoms with Gasteiger partial charge in [0.15, 0.2) is 5.43 Å². The van der Waals surface area contributed by atoms with Gasteiger partial charge in [-0.3, -0.25) is 9.59 Å². The summed E-state index contributed by atoms with van der Waals surface area (Å²) in [5.74, 6) is -0.679. The van der Waals surface area contributed by atoms with Gasteiger partial charge in [-0.2, -0.15) is 0 Å². The molecule has 4 rings (SSSR count). The molecule has 2 aromatic carbocycles. The van der Waals surface area contributed by atoms with E-state index in [9.17, 15) is 14.0 Å². The van der Waals surface area contributed by atoms with Crippen molar-refractivity contribution in [2.75, 3.05) is 27.2 Å². The third kappa shape index (κ3) is 2.92. The Balaban J connectivity index is 1.94. The lowest BCUT2D eigenvalue weighted by atomic mass is 9.98. The van der Waals surface area contributed by atoms with Crippen LogP contribution in [0.3, 0.4) is 0 Å². The van der Waals surface area contributed by atoms with E-state index in [1.807, 2.05) is 14.1 Å². The van der Waals surface area contributed by atoms with Gasteiger partial charge >= 0.3 is 0 Å². The van der Waals surface area contributed by atoms with Crippen LogP contribution in [-0.2, 0) is 0 Å². The summed E-state index contributed by atoms with van der Waals surface area (Å²) in [4.78, 5) is 29.0. The van der Waals surface area contributed by atoms with Crippen molar-refractivity contribution >= 4 is 16.9 Å². The number of para-hydroxylation sites is 1. The molecule has 2 heterocycles. The van der Waals surface area contributed by atoms with Gasteiger partial charge in [-0.1, -0.05) is 24.3 Å². The quantitative estimate of drug-likeness (QED) is 0.763. The second kappa shape index (κ2) is 6.63. The minimum Gasteiger partial charge on any atom is -0.450 e. The Morgan fingerprint density at radius 3 is 2.63 bits per heavy atom. The van der Waals surface area contributed by atoms with E-state index in [4.69, 9.17) is 4.42 Å². The van der Waals surface area contributed by atoms with E-state index in [2.05, 4.69) is 0 Å². The molecule has 1 aliphatic heterocycles. The maximum Gasteiger partial charge on any atom is 0.291 e. The van der Waals surface area contributed by atoms with Gasteiger partial charge in [0.1, 0.15) is 11.4 Å². The number of benzene rings is 2. The van der Waals surface area contributed by atoms with Crippen LogP contribution in [0.2, 0.25) is 0 Å². The van der Waals surface area contributed by atoms with Crippen LogP contribution in [0.15, 0.2) is 57.7 Å². The van der Waals surface area contributed by atoms with E-state index in [-0.39, 0.29) is 22.7 Å². The van der Waals surface area contributed by atoms with Crippen LogP contribution in [0.5, 0.6) is 0 Å². The Kier molecular flexibility index (Phi) is 4.28. The summed E-state index contributed by atoms with van der Waals surface area (Å²) in [6.45, 7) is 1.13. The molecular formula is C21H20FN2O3+. The van der Waals surface area contributed by atoms with Crippen LogP contribution >= 0.6 is 0 Å². The molecule has 0 saturated heterocycles. The average molecular weight is 367 g/mol. The van der Waals surface area contributed by atoms with Crippen LogP contribution in [0, 0.1) is 5.82 Å². The predicted molar refractivity (Wildman–Crippen MR) is 99.4 cm³/mol. The third-order valence-electron chi connectivity index (χ3n) is 4.89. The monoisotopic (exact) mass is 367 g/mol. The van der Waals surface area contributed by atoms with Gasteiger partial charge in [0.25, 0.3) is 5.91 Å². The van der Waals surface area contributed by atoms with Crippen molar-refractivity contribution in [3.8, 4) is 0 Å². The number of likely N-dealkylation sites (N-methyl/N-ethyl adjacent to an activating group) is 1. The number of quaternary nitrogens is 1. The molecule has 0 bridgehead atoms. The molecule has 1 atom stereocenters. The Labute approximate surface area is 155 Å². The minimum absolute atomic E-state index is 0.0571. The number of hydrogen-bond acceptors (Lipinski definition) is 3. The van der Waals surface area contributed by atoms with Crippen LogP contribution < -0.4 is 10.3 Å². The molecule has 0 fully saturated rings. The van der Waals surface area contributed by atoms with Crippen LogP contribution in [0.4, 0.5) is 4.39 Å². The summed E-state index contributed by atoms with van der Waals surface area (Å²) in [7, 11) is 3.98. The summed E-state index contributed by atoms with van der Waals surface area (Å²) in [5, 5.41) is 0.422. The Hall–Kier alpha value is -2.99. The molecule has 138 valence electrons. The Bertz CT molecular complexity index is 1090. The largest absolute Gasteiger partial charge is 0.450 e. The van der Waals surface area contributed by atoms with Gasteiger partial charge in [0.05, 0.1) is 44.2 Å². The smallest absolute Gasteiger partial charge is 0.291 e. The molecule has 0 saturated carbocycles. The molecule has 5 nitrogen and oxygen atoms in total. The van der Waals surface area contributed by atoms with E-state index < -0.39 is 11.9 Å². The zero-order valence-corrected chi connectivity index (χ0v) is 15.2. The van der Waals surface area contributed by atoms with Gasteiger partial charge in [-0.25, -0.2) is 4.39 Å². The first kappa shape index (κ1) is 17.4. The number of halogens is 1. The second-order valence-corrected chi connectivity index (χ2v) is 7.08. The normalized spacial score (nSPS) is 16.4. The molecule has 0 unspecified atom stereocenters. The van der Waals surface area contributed by atoms with Gasteiger partial charge in [0.2, 0.25) is 5.76 Å². The van der Waals surface area contributed by atoms with Crippen molar-refractivity contribution in [1.82, 2.24) is 4.90 Å². The summed E-state index contributed by atoms with van der Waals surface area (Å²) < 4.78 is 19.7. The number of nitrogens with zero attached hydrogens (tertiary/aromatic N) is 1.